The summed E-state index contributed by atoms with van der Waals surface area (Å²) in [7, 11) is 0. The van der Waals surface area contributed by atoms with Gasteiger partial charge >= 0.3 is 0 Å². The van der Waals surface area contributed by atoms with Crippen LogP contribution in [0.3, 0.4) is 0 Å². The van der Waals surface area contributed by atoms with Gasteiger partial charge in [-0.15, -0.1) is 36.7 Å². The van der Waals surface area contributed by atoms with E-state index in [1.54, 1.807) is 17.3 Å². The molecule has 6 nitrogen and oxygen atoms in total. The van der Waals surface area contributed by atoms with E-state index in [0.717, 1.165) is 16.9 Å². The highest BCUT2D eigenvalue weighted by atomic mass is 35.5. The van der Waals surface area contributed by atoms with Crippen LogP contribution in [0, 0.1) is 23.2 Å². The number of anilines is 1. The van der Waals surface area contributed by atoms with E-state index < -0.39 is 0 Å². The van der Waals surface area contributed by atoms with E-state index in [9.17, 15) is 4.79 Å². The standard InChI is InChI=1S/C26H24ClN5O.2ClH/c1-2-3-6-23-16-32(22-7-4-5-21(27)13-22)26(33)17-31(23)25(24-15-29-18-30-24)12-19-8-10-20(14-28)11-9-19;;/h4-5,7-11,13,15,18,23,25H,6,12,16-17H2,1H3,(H,29,30);2*1H. The number of hydrogen-bond donors (Lipinski definition) is 1. The zero-order chi connectivity index (χ0) is 23.2. The molecule has 1 N–H and O–H groups in total. The van der Waals surface area contributed by atoms with Crippen molar-refractivity contribution in [1.29, 1.82) is 5.26 Å². The lowest BCUT2D eigenvalue weighted by Crippen LogP contribution is -2.57. The number of benzene rings is 2. The molecule has 2 atom stereocenters. The van der Waals surface area contributed by atoms with Crippen LogP contribution in [0.4, 0.5) is 5.69 Å². The number of halogens is 3. The second-order valence-electron chi connectivity index (χ2n) is 7.98. The van der Waals surface area contributed by atoms with Crippen molar-refractivity contribution in [1.82, 2.24) is 14.9 Å². The lowest BCUT2D eigenvalue weighted by atomic mass is 9.96. The van der Waals surface area contributed by atoms with E-state index in [1.807, 2.05) is 55.6 Å². The van der Waals surface area contributed by atoms with Crippen LogP contribution in [-0.2, 0) is 11.2 Å². The predicted octanol–water partition coefficient (Wildman–Crippen LogP) is 5.19. The zero-order valence-corrected chi connectivity index (χ0v) is 21.5. The van der Waals surface area contributed by atoms with Gasteiger partial charge < -0.3 is 9.88 Å². The van der Waals surface area contributed by atoms with Crippen molar-refractivity contribution in [2.75, 3.05) is 18.0 Å². The highest BCUT2D eigenvalue weighted by Gasteiger charge is 2.37. The lowest BCUT2D eigenvalue weighted by Gasteiger charge is -2.44. The summed E-state index contributed by atoms with van der Waals surface area (Å²) in [6.07, 6.45) is 4.78. The summed E-state index contributed by atoms with van der Waals surface area (Å²) in [5.74, 6) is 6.22. The number of aromatic amines is 1. The summed E-state index contributed by atoms with van der Waals surface area (Å²) >= 11 is 6.19. The Hall–Kier alpha value is -3.00. The summed E-state index contributed by atoms with van der Waals surface area (Å²) in [5.41, 5.74) is 3.45. The van der Waals surface area contributed by atoms with Crippen LogP contribution in [0.2, 0.25) is 5.02 Å². The molecule has 2 heterocycles. The first-order valence-electron chi connectivity index (χ1n) is 10.8. The largest absolute Gasteiger partial charge is 0.347 e. The maximum absolute atomic E-state index is 13.3. The first kappa shape index (κ1) is 28.2. The SMILES string of the molecule is CC#CCC1CN(c2cccc(Cl)c2)C(=O)CN1C(Cc1ccc(C#N)cc1)c1cnc[nH]1.Cl.Cl. The molecule has 1 aromatic heterocycles. The minimum Gasteiger partial charge on any atom is -0.347 e. The molecule has 0 radical (unpaired) electrons. The molecule has 3 aromatic rings. The minimum atomic E-state index is -0.0884. The summed E-state index contributed by atoms with van der Waals surface area (Å²) < 4.78 is 0. The molecule has 4 rings (SSSR count). The maximum atomic E-state index is 13.3. The first-order valence-corrected chi connectivity index (χ1v) is 11.2. The third-order valence-electron chi connectivity index (χ3n) is 5.91. The summed E-state index contributed by atoms with van der Waals surface area (Å²) in [4.78, 5) is 24.8. The second-order valence-corrected chi connectivity index (χ2v) is 8.41. The summed E-state index contributed by atoms with van der Waals surface area (Å²) in [5, 5.41) is 9.71. The monoisotopic (exact) mass is 529 g/mol. The fraction of sp³-hybridized carbons (Fsp3) is 0.269. The fourth-order valence-electron chi connectivity index (χ4n) is 4.24. The minimum absolute atomic E-state index is 0. The molecule has 1 amide bonds. The van der Waals surface area contributed by atoms with Crippen LogP contribution in [0.1, 0.15) is 36.2 Å². The Morgan fingerprint density at radius 3 is 2.63 bits per heavy atom. The molecule has 1 saturated heterocycles. The first-order chi connectivity index (χ1) is 16.1. The van der Waals surface area contributed by atoms with Crippen LogP contribution >= 0.6 is 36.4 Å². The van der Waals surface area contributed by atoms with Crippen molar-refractivity contribution in [3.8, 4) is 17.9 Å². The van der Waals surface area contributed by atoms with Crippen molar-refractivity contribution in [3.05, 3.63) is 82.9 Å². The number of imidazole rings is 1. The molecule has 0 saturated carbocycles. The Kier molecular flexibility index (Phi) is 10.6. The summed E-state index contributed by atoms with van der Waals surface area (Å²) in [6, 6.07) is 17.1. The van der Waals surface area contributed by atoms with Crippen LogP contribution in [0.5, 0.6) is 0 Å². The third-order valence-corrected chi connectivity index (χ3v) is 6.14. The number of rotatable bonds is 6. The van der Waals surface area contributed by atoms with E-state index in [0.29, 0.717) is 30.0 Å². The van der Waals surface area contributed by atoms with Gasteiger partial charge in [-0.05, 0) is 49.2 Å². The van der Waals surface area contributed by atoms with Gasteiger partial charge in [-0.25, -0.2) is 4.98 Å². The predicted molar refractivity (Wildman–Crippen MR) is 143 cm³/mol. The molecule has 1 aliphatic rings. The van der Waals surface area contributed by atoms with Crippen LogP contribution in [0.15, 0.2) is 61.1 Å². The Labute approximate surface area is 223 Å². The second kappa shape index (κ2) is 13.2. The molecule has 35 heavy (non-hydrogen) atoms. The fourth-order valence-corrected chi connectivity index (χ4v) is 4.43. The number of nitrogens with zero attached hydrogens (tertiary/aromatic N) is 4. The Morgan fingerprint density at radius 1 is 1.23 bits per heavy atom. The molecular weight excluding hydrogens is 505 g/mol. The number of carbonyl (C=O) groups is 1. The van der Waals surface area contributed by atoms with Gasteiger partial charge in [-0.3, -0.25) is 9.69 Å². The molecule has 0 spiro atoms. The van der Waals surface area contributed by atoms with Crippen molar-refractivity contribution in [2.45, 2.75) is 31.8 Å². The molecule has 0 bridgehead atoms. The number of carbonyl (C=O) groups excluding carboxylic acids is 1. The number of nitriles is 1. The van der Waals surface area contributed by atoms with E-state index in [2.05, 4.69) is 32.8 Å². The molecule has 1 aliphatic heterocycles. The van der Waals surface area contributed by atoms with Gasteiger partial charge in [-0.1, -0.05) is 29.8 Å². The molecular formula is C26H26Cl3N5O. The topological polar surface area (TPSA) is 76.0 Å². The third kappa shape index (κ3) is 6.78. The average molecular weight is 531 g/mol. The van der Waals surface area contributed by atoms with Crippen molar-refractivity contribution in [2.24, 2.45) is 0 Å². The van der Waals surface area contributed by atoms with Crippen molar-refractivity contribution in [3.63, 3.8) is 0 Å². The average Bonchev–Trinajstić information content (AvgIpc) is 3.37. The lowest BCUT2D eigenvalue weighted by molar-refractivity contribution is -0.123. The van der Waals surface area contributed by atoms with Gasteiger partial charge in [0.15, 0.2) is 0 Å². The van der Waals surface area contributed by atoms with Gasteiger partial charge in [0.2, 0.25) is 5.91 Å². The van der Waals surface area contributed by atoms with Gasteiger partial charge in [0.1, 0.15) is 0 Å². The van der Waals surface area contributed by atoms with Crippen LogP contribution in [-0.4, -0.2) is 39.9 Å². The van der Waals surface area contributed by atoms with E-state index in [4.69, 9.17) is 16.9 Å². The quantitative estimate of drug-likeness (QED) is 0.445. The molecule has 2 unspecified atom stereocenters. The Morgan fingerprint density at radius 2 is 2.00 bits per heavy atom. The molecule has 9 heteroatoms. The van der Waals surface area contributed by atoms with E-state index in [1.165, 1.54) is 0 Å². The smallest absolute Gasteiger partial charge is 0.241 e. The van der Waals surface area contributed by atoms with Crippen molar-refractivity contribution >= 4 is 48.0 Å². The number of hydrogen-bond acceptors (Lipinski definition) is 4. The number of aromatic nitrogens is 2. The zero-order valence-electron chi connectivity index (χ0n) is 19.1. The van der Waals surface area contributed by atoms with E-state index in [-0.39, 0.29) is 49.3 Å². The number of nitrogens with one attached hydrogen (secondary N) is 1. The van der Waals surface area contributed by atoms with Crippen LogP contribution < -0.4 is 4.90 Å². The van der Waals surface area contributed by atoms with Crippen LogP contribution in [0.25, 0.3) is 0 Å². The Balaban J connectivity index is 0.00000216. The Bertz CT molecular complexity index is 1210. The van der Waals surface area contributed by atoms with Gasteiger partial charge in [0.25, 0.3) is 0 Å². The highest BCUT2D eigenvalue weighted by molar-refractivity contribution is 6.30. The molecule has 182 valence electrons. The number of H-pyrrole nitrogens is 1. The number of piperazine rings is 1. The molecule has 2 aromatic carbocycles. The maximum Gasteiger partial charge on any atom is 0.241 e. The summed E-state index contributed by atoms with van der Waals surface area (Å²) in [6.45, 7) is 2.60. The normalized spacial score (nSPS) is 16.2. The van der Waals surface area contributed by atoms with Gasteiger partial charge in [0, 0.05) is 35.9 Å². The highest BCUT2D eigenvalue weighted by Crippen LogP contribution is 2.31. The number of amides is 1. The van der Waals surface area contributed by atoms with Crippen molar-refractivity contribution < 1.29 is 4.79 Å². The molecule has 0 aliphatic carbocycles. The van der Waals surface area contributed by atoms with Gasteiger partial charge in [0.05, 0.1) is 36.2 Å². The molecule has 1 fully saturated rings. The van der Waals surface area contributed by atoms with Gasteiger partial charge in [-0.2, -0.15) is 5.26 Å². The van der Waals surface area contributed by atoms with E-state index >= 15 is 0 Å².